The van der Waals surface area contributed by atoms with Crippen LogP contribution in [0.2, 0.25) is 0 Å². The predicted molar refractivity (Wildman–Crippen MR) is 125 cm³/mol. The lowest BCUT2D eigenvalue weighted by atomic mass is 9.98. The number of carbonyl (C=O) groups excluding carboxylic acids is 2. The van der Waals surface area contributed by atoms with Crippen molar-refractivity contribution in [1.82, 2.24) is 10.6 Å². The van der Waals surface area contributed by atoms with E-state index in [0.717, 1.165) is 11.1 Å². The van der Waals surface area contributed by atoms with Crippen LogP contribution in [0.15, 0.2) is 48.5 Å². The molecular weight excluding hydrogens is 436 g/mol. The molecule has 0 aromatic heterocycles. The third-order valence-electron chi connectivity index (χ3n) is 6.40. The average molecular weight is 467 g/mol. The van der Waals surface area contributed by atoms with Crippen LogP contribution in [-0.2, 0) is 18.9 Å². The molecule has 2 fully saturated rings. The molecule has 2 N–H and O–H groups in total. The largest absolute Gasteiger partial charge is 0.449 e. The van der Waals surface area contributed by atoms with Crippen LogP contribution in [0.25, 0.3) is 11.1 Å². The van der Waals surface area contributed by atoms with E-state index in [2.05, 4.69) is 34.9 Å². The summed E-state index contributed by atoms with van der Waals surface area (Å²) < 4.78 is 22.6. The molecule has 2 aromatic carbocycles. The molecular formula is C26H30N2O6. The first kappa shape index (κ1) is 22.7. The number of alkyl carbamates (subject to hydrolysis) is 2. The van der Waals surface area contributed by atoms with Crippen LogP contribution < -0.4 is 10.6 Å². The van der Waals surface area contributed by atoms with Crippen LogP contribution in [0.1, 0.15) is 37.8 Å². The van der Waals surface area contributed by atoms with E-state index < -0.39 is 17.8 Å². The van der Waals surface area contributed by atoms with Crippen molar-refractivity contribution < 1.29 is 28.5 Å². The fourth-order valence-electron chi connectivity index (χ4n) is 5.00. The molecule has 0 unspecified atom stereocenters. The number of carbonyl (C=O) groups is 2. The zero-order chi connectivity index (χ0) is 23.9. The molecule has 0 bridgehead atoms. The molecule has 3 aliphatic rings. The molecule has 2 heterocycles. The Balaban J connectivity index is 1.16. The summed E-state index contributed by atoms with van der Waals surface area (Å²) in [6, 6.07) is 15.7. The number of hydrogen-bond acceptors (Lipinski definition) is 6. The lowest BCUT2D eigenvalue weighted by molar-refractivity contribution is 0.0406. The predicted octanol–water partition coefficient (Wildman–Crippen LogP) is 3.58. The van der Waals surface area contributed by atoms with Crippen LogP contribution in [0.4, 0.5) is 9.59 Å². The van der Waals surface area contributed by atoms with Crippen LogP contribution in [-0.4, -0.2) is 61.9 Å². The van der Waals surface area contributed by atoms with E-state index in [1.165, 1.54) is 11.1 Å². The maximum absolute atomic E-state index is 12.7. The lowest BCUT2D eigenvalue weighted by Gasteiger charge is -2.23. The fraction of sp³-hybridized carbons (Fsp3) is 0.462. The average Bonchev–Trinajstić information content (AvgIpc) is 3.45. The van der Waals surface area contributed by atoms with Crippen molar-refractivity contribution in [2.75, 3.05) is 19.8 Å². The molecule has 8 heteroatoms. The molecule has 5 rings (SSSR count). The zero-order valence-corrected chi connectivity index (χ0v) is 19.6. The van der Waals surface area contributed by atoms with E-state index >= 15 is 0 Å². The molecule has 1 aliphatic carbocycles. The summed E-state index contributed by atoms with van der Waals surface area (Å²) in [6.45, 7) is 6.23. The number of ether oxygens (including phenoxy) is 4. The van der Waals surface area contributed by atoms with E-state index in [1.807, 2.05) is 24.3 Å². The summed E-state index contributed by atoms with van der Waals surface area (Å²) in [5.74, 6) is -0.00383. The Morgan fingerprint density at radius 3 is 1.88 bits per heavy atom. The van der Waals surface area contributed by atoms with Crippen molar-refractivity contribution in [3.63, 3.8) is 0 Å². The van der Waals surface area contributed by atoms with E-state index in [4.69, 9.17) is 18.9 Å². The highest BCUT2D eigenvalue weighted by atomic mass is 16.6. The van der Waals surface area contributed by atoms with E-state index in [9.17, 15) is 9.59 Å². The minimum Gasteiger partial charge on any atom is -0.449 e. The Hall–Kier alpha value is -3.10. The highest BCUT2D eigenvalue weighted by Gasteiger charge is 2.49. The SMILES string of the molecule is CC(C)(C)OC(=O)N[C@H]1CO[C@H]2[C@@H]1OC[C@@H]2NC(=O)OCC1c2ccccc2-c2ccccc21. The maximum Gasteiger partial charge on any atom is 0.408 e. The van der Waals surface area contributed by atoms with Crippen LogP contribution in [0.5, 0.6) is 0 Å². The van der Waals surface area contributed by atoms with Crippen molar-refractivity contribution in [3.05, 3.63) is 59.7 Å². The second kappa shape index (κ2) is 8.92. The van der Waals surface area contributed by atoms with Crippen molar-refractivity contribution >= 4 is 12.2 Å². The maximum atomic E-state index is 12.7. The van der Waals surface area contributed by atoms with Gasteiger partial charge in [0.25, 0.3) is 0 Å². The van der Waals surface area contributed by atoms with Crippen molar-refractivity contribution in [2.45, 2.75) is 56.6 Å². The monoisotopic (exact) mass is 466 g/mol. The van der Waals surface area contributed by atoms with Crippen molar-refractivity contribution in [3.8, 4) is 11.1 Å². The van der Waals surface area contributed by atoms with Gasteiger partial charge in [0, 0.05) is 5.92 Å². The summed E-state index contributed by atoms with van der Waals surface area (Å²) >= 11 is 0. The zero-order valence-electron chi connectivity index (χ0n) is 19.6. The highest BCUT2D eigenvalue weighted by Crippen LogP contribution is 2.44. The molecule has 2 aliphatic heterocycles. The Morgan fingerprint density at radius 2 is 1.35 bits per heavy atom. The molecule has 0 spiro atoms. The van der Waals surface area contributed by atoms with Gasteiger partial charge in [0.15, 0.2) is 0 Å². The number of hydrogen-bond donors (Lipinski definition) is 2. The summed E-state index contributed by atoms with van der Waals surface area (Å²) in [4.78, 5) is 24.8. The minimum atomic E-state index is -0.590. The smallest absolute Gasteiger partial charge is 0.408 e. The van der Waals surface area contributed by atoms with Gasteiger partial charge in [-0.2, -0.15) is 0 Å². The molecule has 34 heavy (non-hydrogen) atoms. The summed E-state index contributed by atoms with van der Waals surface area (Å²) in [7, 11) is 0. The van der Waals surface area contributed by atoms with Crippen LogP contribution in [0.3, 0.4) is 0 Å². The molecule has 4 atom stereocenters. The van der Waals surface area contributed by atoms with Crippen LogP contribution in [0, 0.1) is 0 Å². The van der Waals surface area contributed by atoms with E-state index in [-0.39, 0.29) is 50.0 Å². The number of rotatable bonds is 4. The van der Waals surface area contributed by atoms with E-state index in [1.54, 1.807) is 20.8 Å². The van der Waals surface area contributed by atoms with Crippen molar-refractivity contribution in [1.29, 1.82) is 0 Å². The quantitative estimate of drug-likeness (QED) is 0.715. The molecule has 0 saturated carbocycles. The molecule has 2 saturated heterocycles. The van der Waals surface area contributed by atoms with Gasteiger partial charge in [0.05, 0.1) is 25.3 Å². The fourth-order valence-corrected chi connectivity index (χ4v) is 5.00. The minimum absolute atomic E-state index is 0.00383. The third kappa shape index (κ3) is 4.48. The summed E-state index contributed by atoms with van der Waals surface area (Å²) in [5, 5.41) is 5.69. The van der Waals surface area contributed by atoms with Gasteiger partial charge in [-0.25, -0.2) is 9.59 Å². The van der Waals surface area contributed by atoms with Gasteiger partial charge < -0.3 is 29.6 Å². The Bertz CT molecular complexity index is 1040. The summed E-state index contributed by atoms with van der Waals surface area (Å²) in [6.07, 6.45) is -1.74. The normalized spacial score (nSPS) is 25.3. The van der Waals surface area contributed by atoms with Gasteiger partial charge in [-0.05, 0) is 43.0 Å². The number of amides is 2. The Labute approximate surface area is 198 Å². The van der Waals surface area contributed by atoms with Gasteiger partial charge in [-0.1, -0.05) is 48.5 Å². The highest BCUT2D eigenvalue weighted by molar-refractivity contribution is 5.79. The molecule has 2 aromatic rings. The molecule has 0 radical (unpaired) electrons. The number of benzene rings is 2. The molecule has 8 nitrogen and oxygen atoms in total. The van der Waals surface area contributed by atoms with Gasteiger partial charge in [0.1, 0.15) is 24.4 Å². The van der Waals surface area contributed by atoms with Gasteiger partial charge in [-0.15, -0.1) is 0 Å². The number of fused-ring (bicyclic) bond motifs is 4. The first-order valence-electron chi connectivity index (χ1n) is 11.6. The first-order valence-corrected chi connectivity index (χ1v) is 11.6. The second-order valence-corrected chi connectivity index (χ2v) is 9.92. The van der Waals surface area contributed by atoms with Gasteiger partial charge >= 0.3 is 12.2 Å². The number of nitrogens with one attached hydrogen (secondary N) is 2. The molecule has 2 amide bonds. The summed E-state index contributed by atoms with van der Waals surface area (Å²) in [5.41, 5.74) is 4.10. The van der Waals surface area contributed by atoms with Gasteiger partial charge in [-0.3, -0.25) is 0 Å². The van der Waals surface area contributed by atoms with Gasteiger partial charge in [0.2, 0.25) is 0 Å². The topological polar surface area (TPSA) is 95.1 Å². The Kier molecular flexibility index (Phi) is 5.95. The second-order valence-electron chi connectivity index (χ2n) is 9.92. The lowest BCUT2D eigenvalue weighted by Crippen LogP contribution is -2.48. The van der Waals surface area contributed by atoms with Crippen molar-refractivity contribution in [2.24, 2.45) is 0 Å². The van der Waals surface area contributed by atoms with E-state index in [0.29, 0.717) is 0 Å². The molecule has 180 valence electrons. The third-order valence-corrected chi connectivity index (χ3v) is 6.40. The standard InChI is InChI=1S/C26H30N2O6/c1-26(2,3)34-25(30)28-21-14-32-22-20(13-31-23(21)22)27-24(29)33-12-19-17-10-6-4-8-15(17)16-9-5-7-11-18(16)19/h4-11,19-23H,12-14H2,1-3H3,(H,27,29)(H,28,30)/t20-,21-,22+,23+/m0/s1. The van der Waals surface area contributed by atoms with Crippen LogP contribution >= 0.6 is 0 Å². The Morgan fingerprint density at radius 1 is 0.853 bits per heavy atom. The first-order chi connectivity index (χ1) is 16.3.